The average Bonchev–Trinajstić information content (AvgIpc) is 3.34. The van der Waals surface area contributed by atoms with Crippen LogP contribution in [0, 0.1) is 5.92 Å². The number of furan rings is 1. The van der Waals surface area contributed by atoms with Crippen LogP contribution in [0.5, 0.6) is 0 Å². The predicted molar refractivity (Wildman–Crippen MR) is 111 cm³/mol. The van der Waals surface area contributed by atoms with E-state index >= 15 is 0 Å². The van der Waals surface area contributed by atoms with Crippen molar-refractivity contribution in [3.63, 3.8) is 0 Å². The van der Waals surface area contributed by atoms with Gasteiger partial charge in [-0.2, -0.15) is 0 Å². The second kappa shape index (κ2) is 9.64. The third-order valence-corrected chi connectivity index (χ3v) is 6.65. The van der Waals surface area contributed by atoms with Gasteiger partial charge in [0.15, 0.2) is 0 Å². The maximum absolute atomic E-state index is 12.9. The third-order valence-electron chi connectivity index (χ3n) is 6.65. The smallest absolute Gasteiger partial charge is 0.257 e. The molecule has 4 rings (SSSR count). The van der Waals surface area contributed by atoms with E-state index in [0.717, 1.165) is 39.0 Å². The Hall–Kier alpha value is -2.35. The Labute approximate surface area is 177 Å². The number of piperazine rings is 1. The Kier molecular flexibility index (Phi) is 6.72. The second-order valence-corrected chi connectivity index (χ2v) is 8.62. The molecular weight excluding hydrogens is 384 g/mol. The van der Waals surface area contributed by atoms with E-state index in [1.54, 1.807) is 11.0 Å². The van der Waals surface area contributed by atoms with Gasteiger partial charge in [-0.3, -0.25) is 19.3 Å². The van der Waals surface area contributed by atoms with E-state index < -0.39 is 0 Å². The van der Waals surface area contributed by atoms with Crippen LogP contribution in [0.25, 0.3) is 0 Å². The lowest BCUT2D eigenvalue weighted by molar-refractivity contribution is -0.139. The molecule has 8 nitrogen and oxygen atoms in total. The van der Waals surface area contributed by atoms with Crippen LogP contribution in [0.4, 0.5) is 0 Å². The second-order valence-electron chi connectivity index (χ2n) is 8.62. The molecule has 3 amide bonds. The van der Waals surface area contributed by atoms with Gasteiger partial charge in [-0.15, -0.1) is 0 Å². The molecule has 0 saturated carbocycles. The van der Waals surface area contributed by atoms with Crippen molar-refractivity contribution in [2.24, 2.45) is 5.92 Å². The summed E-state index contributed by atoms with van der Waals surface area (Å²) in [6, 6.07) is 1.68. The Morgan fingerprint density at radius 3 is 2.17 bits per heavy atom. The van der Waals surface area contributed by atoms with Crippen molar-refractivity contribution in [2.45, 2.75) is 32.1 Å². The van der Waals surface area contributed by atoms with Crippen LogP contribution < -0.4 is 0 Å². The van der Waals surface area contributed by atoms with Crippen LogP contribution in [0.2, 0.25) is 0 Å². The van der Waals surface area contributed by atoms with Crippen molar-refractivity contribution in [2.75, 3.05) is 58.9 Å². The number of amides is 3. The number of rotatable bonds is 4. The molecule has 0 atom stereocenters. The van der Waals surface area contributed by atoms with Gasteiger partial charge in [-0.25, -0.2) is 0 Å². The van der Waals surface area contributed by atoms with Gasteiger partial charge in [0, 0.05) is 58.3 Å². The first-order chi connectivity index (χ1) is 14.6. The molecule has 3 saturated heterocycles. The van der Waals surface area contributed by atoms with Gasteiger partial charge in [-0.05, 0) is 38.2 Å². The zero-order chi connectivity index (χ0) is 20.9. The molecule has 30 heavy (non-hydrogen) atoms. The van der Waals surface area contributed by atoms with Gasteiger partial charge in [0.1, 0.15) is 6.26 Å². The topological polar surface area (TPSA) is 77.3 Å². The van der Waals surface area contributed by atoms with E-state index in [4.69, 9.17) is 4.42 Å². The summed E-state index contributed by atoms with van der Waals surface area (Å²) in [6.45, 7) is 6.32. The molecule has 1 aromatic rings. The monoisotopic (exact) mass is 416 g/mol. The minimum Gasteiger partial charge on any atom is -0.472 e. The van der Waals surface area contributed by atoms with E-state index in [1.165, 1.54) is 18.9 Å². The number of nitrogens with zero attached hydrogens (tertiary/aromatic N) is 4. The maximum atomic E-state index is 12.9. The number of carbonyl (C=O) groups is 3. The summed E-state index contributed by atoms with van der Waals surface area (Å²) in [6.07, 6.45) is 7.83. The minimum absolute atomic E-state index is 0.0140. The largest absolute Gasteiger partial charge is 0.472 e. The summed E-state index contributed by atoms with van der Waals surface area (Å²) in [7, 11) is 0. The summed E-state index contributed by atoms with van der Waals surface area (Å²) >= 11 is 0. The van der Waals surface area contributed by atoms with E-state index in [-0.39, 0.29) is 23.6 Å². The quantitative estimate of drug-likeness (QED) is 0.739. The van der Waals surface area contributed by atoms with E-state index in [0.29, 0.717) is 51.1 Å². The highest BCUT2D eigenvalue weighted by molar-refractivity contribution is 5.94. The lowest BCUT2D eigenvalue weighted by Crippen LogP contribution is -2.54. The SMILES string of the molecule is O=C(CN1CCN(C(=O)C2CCN(C(=O)c3ccoc3)CC2)CC1)N1CCCCC1. The first-order valence-electron chi connectivity index (χ1n) is 11.2. The molecule has 0 N–H and O–H groups in total. The summed E-state index contributed by atoms with van der Waals surface area (Å²) in [5, 5.41) is 0. The number of piperidine rings is 2. The molecule has 1 aromatic heterocycles. The standard InChI is InChI=1S/C22H32N4O4/c27-20(24-7-2-1-3-8-24)16-23-11-13-26(14-12-23)21(28)18-4-9-25(10-5-18)22(29)19-6-15-30-17-19/h6,15,17-18H,1-5,7-14,16H2. The highest BCUT2D eigenvalue weighted by Gasteiger charge is 2.32. The molecule has 0 bridgehead atoms. The summed E-state index contributed by atoms with van der Waals surface area (Å²) in [5.41, 5.74) is 0.565. The van der Waals surface area contributed by atoms with Gasteiger partial charge < -0.3 is 19.1 Å². The van der Waals surface area contributed by atoms with Crippen molar-refractivity contribution in [3.8, 4) is 0 Å². The average molecular weight is 417 g/mol. The summed E-state index contributed by atoms with van der Waals surface area (Å²) < 4.78 is 5.00. The van der Waals surface area contributed by atoms with Crippen LogP contribution in [0.15, 0.2) is 23.0 Å². The molecule has 4 heterocycles. The van der Waals surface area contributed by atoms with Gasteiger partial charge in [0.05, 0.1) is 18.4 Å². The number of hydrogen-bond acceptors (Lipinski definition) is 5. The Morgan fingerprint density at radius 2 is 1.53 bits per heavy atom. The van der Waals surface area contributed by atoms with Crippen LogP contribution in [0.3, 0.4) is 0 Å². The van der Waals surface area contributed by atoms with E-state index in [1.807, 2.05) is 9.80 Å². The van der Waals surface area contributed by atoms with Gasteiger partial charge in [-0.1, -0.05) is 0 Å². The molecule has 0 radical (unpaired) electrons. The zero-order valence-corrected chi connectivity index (χ0v) is 17.6. The van der Waals surface area contributed by atoms with Crippen LogP contribution in [-0.4, -0.2) is 96.2 Å². The molecule has 0 spiro atoms. The highest BCUT2D eigenvalue weighted by Crippen LogP contribution is 2.22. The highest BCUT2D eigenvalue weighted by atomic mass is 16.3. The first-order valence-corrected chi connectivity index (χ1v) is 11.2. The van der Waals surface area contributed by atoms with Gasteiger partial charge in [0.25, 0.3) is 5.91 Å². The fourth-order valence-corrected chi connectivity index (χ4v) is 4.72. The van der Waals surface area contributed by atoms with Gasteiger partial charge in [0.2, 0.25) is 11.8 Å². The molecule has 3 aliphatic rings. The van der Waals surface area contributed by atoms with Gasteiger partial charge >= 0.3 is 0 Å². The predicted octanol–water partition coefficient (Wildman–Crippen LogP) is 1.29. The van der Waals surface area contributed by atoms with Crippen LogP contribution in [-0.2, 0) is 9.59 Å². The molecule has 3 aliphatic heterocycles. The first kappa shape index (κ1) is 20.9. The fraction of sp³-hybridized carbons (Fsp3) is 0.682. The Morgan fingerprint density at radius 1 is 0.833 bits per heavy atom. The van der Waals surface area contributed by atoms with Crippen LogP contribution >= 0.6 is 0 Å². The lowest BCUT2D eigenvalue weighted by Gasteiger charge is -2.39. The molecule has 164 valence electrons. The summed E-state index contributed by atoms with van der Waals surface area (Å²) in [4.78, 5) is 45.7. The Balaban J connectivity index is 1.19. The molecular formula is C22H32N4O4. The van der Waals surface area contributed by atoms with E-state index in [2.05, 4.69) is 4.90 Å². The third kappa shape index (κ3) is 4.86. The fourth-order valence-electron chi connectivity index (χ4n) is 4.72. The Bertz CT molecular complexity index is 728. The molecule has 3 fully saturated rings. The zero-order valence-electron chi connectivity index (χ0n) is 17.6. The summed E-state index contributed by atoms with van der Waals surface area (Å²) in [5.74, 6) is 0.387. The molecule has 0 unspecified atom stereocenters. The number of likely N-dealkylation sites (tertiary alicyclic amines) is 2. The molecule has 8 heteroatoms. The van der Waals surface area contributed by atoms with Crippen LogP contribution in [0.1, 0.15) is 42.5 Å². The van der Waals surface area contributed by atoms with Crippen molar-refractivity contribution >= 4 is 17.7 Å². The normalized spacial score (nSPS) is 21.7. The van der Waals surface area contributed by atoms with E-state index in [9.17, 15) is 14.4 Å². The lowest BCUT2D eigenvalue weighted by atomic mass is 9.94. The number of hydrogen-bond donors (Lipinski definition) is 0. The van der Waals surface area contributed by atoms with Crippen molar-refractivity contribution in [1.29, 1.82) is 0 Å². The minimum atomic E-state index is -0.0263. The number of carbonyl (C=O) groups excluding carboxylic acids is 3. The van der Waals surface area contributed by atoms with Crippen molar-refractivity contribution in [1.82, 2.24) is 19.6 Å². The molecule has 0 aliphatic carbocycles. The van der Waals surface area contributed by atoms with Crippen molar-refractivity contribution in [3.05, 3.63) is 24.2 Å². The maximum Gasteiger partial charge on any atom is 0.257 e. The van der Waals surface area contributed by atoms with Crippen molar-refractivity contribution < 1.29 is 18.8 Å². The molecule has 0 aromatic carbocycles.